The number of Topliss-reactive ketones (excluding diaryl/α,β-unsaturated/α-hetero) is 1. The first-order valence-electron chi connectivity index (χ1n) is 8.13. The molecule has 0 saturated heterocycles. The van der Waals surface area contributed by atoms with E-state index in [0.29, 0.717) is 5.56 Å². The number of benzene rings is 2. The van der Waals surface area contributed by atoms with Crippen molar-refractivity contribution in [2.75, 3.05) is 6.61 Å². The fourth-order valence-corrected chi connectivity index (χ4v) is 2.59. The number of esters is 1. The summed E-state index contributed by atoms with van der Waals surface area (Å²) in [4.78, 5) is 37.5. The van der Waals surface area contributed by atoms with E-state index in [0.717, 1.165) is 10.9 Å². The largest absolute Gasteiger partial charge is 0.482 e. The third-order valence-electron chi connectivity index (χ3n) is 3.94. The molecule has 0 radical (unpaired) electrons. The van der Waals surface area contributed by atoms with E-state index < -0.39 is 23.6 Å². The average molecular weight is 368 g/mol. The predicted octanol–water partition coefficient (Wildman–Crippen LogP) is 3.27. The Morgan fingerprint density at radius 2 is 1.85 bits per heavy atom. The van der Waals surface area contributed by atoms with Gasteiger partial charge in [-0.25, -0.2) is 4.79 Å². The second-order valence-electron chi connectivity index (χ2n) is 5.78. The maximum absolute atomic E-state index is 12.5. The fourth-order valence-electron chi connectivity index (χ4n) is 2.59. The van der Waals surface area contributed by atoms with E-state index in [4.69, 9.17) is 9.47 Å². The predicted molar refractivity (Wildman–Crippen MR) is 96.8 cm³/mol. The number of nitro benzene ring substituents is 1. The summed E-state index contributed by atoms with van der Waals surface area (Å²) < 4.78 is 10.4. The van der Waals surface area contributed by atoms with Crippen LogP contribution in [0.5, 0.6) is 5.75 Å². The summed E-state index contributed by atoms with van der Waals surface area (Å²) in [6, 6.07) is 12.6. The maximum Gasteiger partial charge on any atom is 0.344 e. The molecule has 27 heavy (non-hydrogen) atoms. The molecule has 0 aliphatic heterocycles. The molecule has 3 rings (SSSR count). The van der Waals surface area contributed by atoms with Crippen LogP contribution in [0.2, 0.25) is 0 Å². The first kappa shape index (κ1) is 18.1. The molecule has 0 bridgehead atoms. The third kappa shape index (κ3) is 4.12. The van der Waals surface area contributed by atoms with E-state index >= 15 is 0 Å². The Bertz CT molecular complexity index is 993. The number of nitro groups is 1. The van der Waals surface area contributed by atoms with Crippen LogP contribution in [0.1, 0.15) is 17.3 Å². The maximum atomic E-state index is 12.5. The molecular weight excluding hydrogens is 352 g/mol. The lowest BCUT2D eigenvalue weighted by Gasteiger charge is -2.12. The number of hydrogen-bond acceptors (Lipinski definition) is 6. The molecule has 2 aromatic carbocycles. The highest BCUT2D eigenvalue weighted by Crippen LogP contribution is 2.20. The van der Waals surface area contributed by atoms with E-state index in [1.165, 1.54) is 31.2 Å². The normalized spacial score (nSPS) is 11.7. The summed E-state index contributed by atoms with van der Waals surface area (Å²) in [6.07, 6.45) is 0.613. The molecule has 0 saturated carbocycles. The molecule has 8 nitrogen and oxygen atoms in total. The summed E-state index contributed by atoms with van der Waals surface area (Å²) in [7, 11) is 0. The van der Waals surface area contributed by atoms with Crippen LogP contribution in [-0.4, -0.2) is 34.4 Å². The number of carbonyl (C=O) groups is 2. The number of carbonyl (C=O) groups excluding carboxylic acids is 2. The van der Waals surface area contributed by atoms with Crippen molar-refractivity contribution in [2.24, 2.45) is 0 Å². The number of para-hydroxylation sites is 1. The molecule has 138 valence electrons. The summed E-state index contributed by atoms with van der Waals surface area (Å²) in [5.74, 6) is -0.752. The molecule has 0 aliphatic carbocycles. The van der Waals surface area contributed by atoms with Crippen LogP contribution in [0.4, 0.5) is 5.69 Å². The van der Waals surface area contributed by atoms with Crippen LogP contribution >= 0.6 is 0 Å². The minimum atomic E-state index is -0.975. The second-order valence-corrected chi connectivity index (χ2v) is 5.78. The van der Waals surface area contributed by atoms with Crippen molar-refractivity contribution in [1.82, 2.24) is 4.98 Å². The highest BCUT2D eigenvalue weighted by Gasteiger charge is 2.22. The van der Waals surface area contributed by atoms with Crippen molar-refractivity contribution in [1.29, 1.82) is 0 Å². The van der Waals surface area contributed by atoms with Gasteiger partial charge in [-0.3, -0.25) is 14.9 Å². The molecule has 0 aliphatic rings. The number of aromatic amines is 1. The van der Waals surface area contributed by atoms with Crippen molar-refractivity contribution >= 4 is 28.3 Å². The van der Waals surface area contributed by atoms with E-state index in [9.17, 15) is 19.7 Å². The number of ether oxygens (including phenoxy) is 2. The van der Waals surface area contributed by atoms with Gasteiger partial charge in [0.25, 0.3) is 5.69 Å². The van der Waals surface area contributed by atoms with Crippen molar-refractivity contribution in [3.8, 4) is 5.75 Å². The van der Waals surface area contributed by atoms with Gasteiger partial charge < -0.3 is 14.5 Å². The molecule has 8 heteroatoms. The SMILES string of the molecule is C[C@H](OC(=O)COc1ccc([N+](=O)[O-])cc1)C(=O)c1c[nH]c2ccccc12. The number of rotatable bonds is 7. The molecule has 1 N–H and O–H groups in total. The Balaban J connectivity index is 1.57. The smallest absolute Gasteiger partial charge is 0.344 e. The Kier molecular flexibility index (Phi) is 5.16. The lowest BCUT2D eigenvalue weighted by Crippen LogP contribution is -2.27. The number of aromatic nitrogens is 1. The molecule has 0 amide bonds. The molecular formula is C19H16N2O6. The Labute approximate surface area is 153 Å². The van der Waals surface area contributed by atoms with Crippen molar-refractivity contribution in [3.63, 3.8) is 0 Å². The summed E-state index contributed by atoms with van der Waals surface area (Å²) in [5.41, 5.74) is 1.19. The van der Waals surface area contributed by atoms with Gasteiger partial charge in [-0.05, 0) is 25.1 Å². The summed E-state index contributed by atoms with van der Waals surface area (Å²) in [6.45, 7) is 1.08. The molecule has 1 heterocycles. The first-order chi connectivity index (χ1) is 13.0. The van der Waals surface area contributed by atoms with Gasteiger partial charge in [-0.2, -0.15) is 0 Å². The number of H-pyrrole nitrogens is 1. The fraction of sp³-hybridized carbons (Fsp3) is 0.158. The van der Waals surface area contributed by atoms with Gasteiger partial charge in [-0.1, -0.05) is 18.2 Å². The highest BCUT2D eigenvalue weighted by atomic mass is 16.6. The van der Waals surface area contributed by atoms with Crippen molar-refractivity contribution < 1.29 is 24.0 Å². The van der Waals surface area contributed by atoms with Crippen LogP contribution < -0.4 is 4.74 Å². The molecule has 1 atom stereocenters. The number of hydrogen-bond donors (Lipinski definition) is 1. The van der Waals surface area contributed by atoms with Crippen molar-refractivity contribution in [2.45, 2.75) is 13.0 Å². The zero-order valence-corrected chi connectivity index (χ0v) is 14.4. The van der Waals surface area contributed by atoms with Crippen LogP contribution in [-0.2, 0) is 9.53 Å². The standard InChI is InChI=1S/C19H16N2O6/c1-12(19(23)16-10-20-17-5-3-2-4-15(16)17)27-18(22)11-26-14-8-6-13(7-9-14)21(24)25/h2-10,12,20H,11H2,1H3/t12-/m0/s1. The third-order valence-corrected chi connectivity index (χ3v) is 3.94. The van der Waals surface area contributed by atoms with Gasteiger partial charge in [0.1, 0.15) is 5.75 Å². The average Bonchev–Trinajstić information content (AvgIpc) is 3.10. The summed E-state index contributed by atoms with van der Waals surface area (Å²) in [5, 5.41) is 11.4. The minimum Gasteiger partial charge on any atom is -0.482 e. The highest BCUT2D eigenvalue weighted by molar-refractivity contribution is 6.10. The van der Waals surface area contributed by atoms with Crippen LogP contribution in [0.3, 0.4) is 0 Å². The van der Waals surface area contributed by atoms with Gasteiger partial charge in [0.05, 0.1) is 4.92 Å². The Morgan fingerprint density at radius 3 is 2.56 bits per heavy atom. The molecule has 1 aromatic heterocycles. The molecule has 0 fully saturated rings. The number of non-ortho nitro benzene ring substituents is 1. The minimum absolute atomic E-state index is 0.0807. The Morgan fingerprint density at radius 1 is 1.15 bits per heavy atom. The van der Waals surface area contributed by atoms with Gasteiger partial charge >= 0.3 is 5.97 Å². The number of nitrogens with one attached hydrogen (secondary N) is 1. The number of nitrogens with zero attached hydrogens (tertiary/aromatic N) is 1. The first-order valence-corrected chi connectivity index (χ1v) is 8.13. The Hall–Kier alpha value is -3.68. The van der Waals surface area contributed by atoms with Crippen molar-refractivity contribution in [3.05, 3.63) is 70.4 Å². The number of ketones is 1. The zero-order chi connectivity index (χ0) is 19.4. The topological polar surface area (TPSA) is 112 Å². The quantitative estimate of drug-likeness (QED) is 0.296. The van der Waals surface area contributed by atoms with Crippen LogP contribution in [0.15, 0.2) is 54.7 Å². The second kappa shape index (κ2) is 7.69. The van der Waals surface area contributed by atoms with Gasteiger partial charge in [0.2, 0.25) is 5.78 Å². The monoisotopic (exact) mass is 368 g/mol. The van der Waals surface area contributed by atoms with Gasteiger partial charge in [-0.15, -0.1) is 0 Å². The lowest BCUT2D eigenvalue weighted by molar-refractivity contribution is -0.384. The van der Waals surface area contributed by atoms with E-state index in [2.05, 4.69) is 4.98 Å². The number of fused-ring (bicyclic) bond motifs is 1. The molecule has 0 unspecified atom stereocenters. The van der Waals surface area contributed by atoms with E-state index in [1.807, 2.05) is 24.3 Å². The zero-order valence-electron chi connectivity index (χ0n) is 14.4. The van der Waals surface area contributed by atoms with Gasteiger partial charge in [0.15, 0.2) is 12.7 Å². The van der Waals surface area contributed by atoms with E-state index in [-0.39, 0.29) is 17.2 Å². The molecule has 0 spiro atoms. The van der Waals surface area contributed by atoms with Crippen LogP contribution in [0, 0.1) is 10.1 Å². The van der Waals surface area contributed by atoms with Crippen LogP contribution in [0.25, 0.3) is 10.9 Å². The van der Waals surface area contributed by atoms with Gasteiger partial charge in [0, 0.05) is 34.8 Å². The molecule has 3 aromatic rings. The lowest BCUT2D eigenvalue weighted by atomic mass is 10.1. The van der Waals surface area contributed by atoms with E-state index in [1.54, 1.807) is 6.20 Å². The summed E-state index contributed by atoms with van der Waals surface area (Å²) >= 11 is 0.